The first-order valence-corrected chi connectivity index (χ1v) is 6.24. The zero-order chi connectivity index (χ0) is 14.0. The van der Waals surface area contributed by atoms with Gasteiger partial charge in [-0.2, -0.15) is 0 Å². The number of halogens is 1. The fourth-order valence-corrected chi connectivity index (χ4v) is 2.24. The third kappa shape index (κ3) is 2.85. The van der Waals surface area contributed by atoms with Crippen LogP contribution in [0.15, 0.2) is 18.2 Å². The number of nitrogens with one attached hydrogen (secondary N) is 1. The van der Waals surface area contributed by atoms with E-state index in [-0.39, 0.29) is 22.8 Å². The number of aliphatic hydroxyl groups is 1. The van der Waals surface area contributed by atoms with Gasteiger partial charge in [0.25, 0.3) is 11.6 Å². The zero-order valence-electron chi connectivity index (χ0n) is 10.1. The molecule has 0 atom stereocenters. The molecule has 1 aliphatic rings. The van der Waals surface area contributed by atoms with E-state index in [0.29, 0.717) is 12.8 Å². The summed E-state index contributed by atoms with van der Waals surface area (Å²) in [7, 11) is 0. The Morgan fingerprint density at radius 1 is 1.53 bits per heavy atom. The molecule has 1 fully saturated rings. The Hall–Kier alpha value is -1.66. The van der Waals surface area contributed by atoms with E-state index in [2.05, 4.69) is 5.32 Å². The Kier molecular flexibility index (Phi) is 3.73. The quantitative estimate of drug-likeness (QED) is 0.652. The van der Waals surface area contributed by atoms with Crippen molar-refractivity contribution in [3.8, 4) is 0 Å². The summed E-state index contributed by atoms with van der Waals surface area (Å²) >= 11 is 5.84. The van der Waals surface area contributed by atoms with Crippen LogP contribution in [0, 0.1) is 10.1 Å². The highest BCUT2D eigenvalue weighted by atomic mass is 35.5. The van der Waals surface area contributed by atoms with E-state index in [1.807, 2.05) is 0 Å². The molecule has 1 aromatic carbocycles. The minimum Gasteiger partial charge on any atom is -0.388 e. The average Bonchev–Trinajstić information content (AvgIpc) is 2.33. The summed E-state index contributed by atoms with van der Waals surface area (Å²) < 4.78 is 0. The zero-order valence-corrected chi connectivity index (χ0v) is 10.8. The van der Waals surface area contributed by atoms with Crippen molar-refractivity contribution in [1.82, 2.24) is 5.32 Å². The molecule has 2 N–H and O–H groups in total. The first-order chi connectivity index (χ1) is 8.93. The van der Waals surface area contributed by atoms with Crippen molar-refractivity contribution in [3.05, 3.63) is 38.9 Å². The van der Waals surface area contributed by atoms with Gasteiger partial charge >= 0.3 is 0 Å². The lowest BCUT2D eigenvalue weighted by atomic mass is 9.80. The van der Waals surface area contributed by atoms with Gasteiger partial charge in [-0.3, -0.25) is 14.9 Å². The second-order valence-electron chi connectivity index (χ2n) is 4.65. The van der Waals surface area contributed by atoms with Crippen LogP contribution in [0.25, 0.3) is 0 Å². The predicted molar refractivity (Wildman–Crippen MR) is 69.2 cm³/mol. The first kappa shape index (κ1) is 13.8. The summed E-state index contributed by atoms with van der Waals surface area (Å²) in [6.07, 6.45) is 2.16. The SMILES string of the molecule is O=C(NCC1(O)CCC1)c1c(Cl)cccc1[N+](=O)[O-]. The minimum absolute atomic E-state index is 0.0206. The molecule has 1 saturated carbocycles. The number of rotatable bonds is 4. The van der Waals surface area contributed by atoms with Crippen molar-refractivity contribution in [1.29, 1.82) is 0 Å². The van der Waals surface area contributed by atoms with Crippen LogP contribution in [-0.4, -0.2) is 28.1 Å². The largest absolute Gasteiger partial charge is 0.388 e. The van der Waals surface area contributed by atoms with Gasteiger partial charge in [0.15, 0.2) is 0 Å². The number of amides is 1. The Morgan fingerprint density at radius 3 is 2.74 bits per heavy atom. The Labute approximate surface area is 114 Å². The monoisotopic (exact) mass is 284 g/mol. The molecule has 7 heteroatoms. The maximum atomic E-state index is 12.0. The Balaban J connectivity index is 2.16. The number of hydrogen-bond donors (Lipinski definition) is 2. The second-order valence-corrected chi connectivity index (χ2v) is 5.06. The number of nitro groups is 1. The minimum atomic E-state index is -0.883. The molecule has 0 spiro atoms. The van der Waals surface area contributed by atoms with Crippen LogP contribution in [0.1, 0.15) is 29.6 Å². The molecule has 0 bridgehead atoms. The molecule has 0 aliphatic heterocycles. The number of carbonyl (C=O) groups excluding carboxylic acids is 1. The van der Waals surface area contributed by atoms with Crippen molar-refractivity contribution >= 4 is 23.2 Å². The van der Waals surface area contributed by atoms with E-state index < -0.39 is 16.4 Å². The molecular weight excluding hydrogens is 272 g/mol. The number of nitrogens with zero attached hydrogens (tertiary/aromatic N) is 1. The fraction of sp³-hybridized carbons (Fsp3) is 0.417. The summed E-state index contributed by atoms with van der Waals surface area (Å²) in [6.45, 7) is 0.0776. The van der Waals surface area contributed by atoms with Crippen molar-refractivity contribution in [2.75, 3.05) is 6.54 Å². The molecule has 6 nitrogen and oxygen atoms in total. The van der Waals surface area contributed by atoms with Gasteiger partial charge in [0.05, 0.1) is 15.5 Å². The number of benzene rings is 1. The standard InChI is InChI=1S/C12H13ClN2O4/c13-8-3-1-4-9(15(18)19)10(8)11(16)14-7-12(17)5-2-6-12/h1,3-4,17H,2,5-7H2,(H,14,16). The third-order valence-electron chi connectivity index (χ3n) is 3.28. The molecule has 1 aliphatic carbocycles. The molecule has 0 aromatic heterocycles. The highest BCUT2D eigenvalue weighted by Crippen LogP contribution is 2.31. The molecule has 1 amide bonds. The third-order valence-corrected chi connectivity index (χ3v) is 3.59. The molecule has 102 valence electrons. The second kappa shape index (κ2) is 5.14. The normalized spacial score (nSPS) is 16.5. The van der Waals surface area contributed by atoms with Crippen molar-refractivity contribution in [3.63, 3.8) is 0 Å². The molecule has 1 aromatic rings. The lowest BCUT2D eigenvalue weighted by molar-refractivity contribution is -0.385. The Bertz CT molecular complexity index is 528. The molecular formula is C12H13ClN2O4. The maximum Gasteiger partial charge on any atom is 0.283 e. The van der Waals surface area contributed by atoms with Crippen LogP contribution >= 0.6 is 11.6 Å². The van der Waals surface area contributed by atoms with Crippen LogP contribution < -0.4 is 5.32 Å². The highest BCUT2D eigenvalue weighted by molar-refractivity contribution is 6.34. The van der Waals surface area contributed by atoms with Gasteiger partial charge in [0.1, 0.15) is 5.56 Å². The van der Waals surface area contributed by atoms with Crippen molar-refractivity contribution in [2.24, 2.45) is 0 Å². The Morgan fingerprint density at radius 2 is 2.21 bits per heavy atom. The van der Waals surface area contributed by atoms with Crippen molar-refractivity contribution in [2.45, 2.75) is 24.9 Å². The van der Waals surface area contributed by atoms with Crippen LogP contribution in [-0.2, 0) is 0 Å². The van der Waals surface area contributed by atoms with Gasteiger partial charge in [-0.1, -0.05) is 17.7 Å². The fourth-order valence-electron chi connectivity index (χ4n) is 1.98. The molecule has 0 saturated heterocycles. The van der Waals surface area contributed by atoms with E-state index in [4.69, 9.17) is 11.6 Å². The molecule has 0 heterocycles. The summed E-state index contributed by atoms with van der Waals surface area (Å²) in [5, 5.41) is 23.3. The lowest BCUT2D eigenvalue weighted by Gasteiger charge is -2.36. The molecule has 0 unspecified atom stereocenters. The van der Waals surface area contributed by atoms with Crippen LogP contribution in [0.3, 0.4) is 0 Å². The molecule has 0 radical (unpaired) electrons. The smallest absolute Gasteiger partial charge is 0.283 e. The predicted octanol–water partition coefficient (Wildman–Crippen LogP) is 1.89. The van der Waals surface area contributed by atoms with E-state index in [9.17, 15) is 20.0 Å². The topological polar surface area (TPSA) is 92.5 Å². The highest BCUT2D eigenvalue weighted by Gasteiger charge is 2.35. The summed E-state index contributed by atoms with van der Waals surface area (Å²) in [4.78, 5) is 22.2. The van der Waals surface area contributed by atoms with Gasteiger partial charge < -0.3 is 10.4 Å². The molecule has 2 rings (SSSR count). The summed E-state index contributed by atoms with van der Waals surface area (Å²) in [6, 6.07) is 4.05. The van der Waals surface area contributed by atoms with Gasteiger partial charge in [0.2, 0.25) is 0 Å². The van der Waals surface area contributed by atoms with E-state index in [0.717, 1.165) is 6.42 Å². The van der Waals surface area contributed by atoms with Gasteiger partial charge in [0, 0.05) is 12.6 Å². The van der Waals surface area contributed by atoms with E-state index >= 15 is 0 Å². The van der Waals surface area contributed by atoms with Crippen molar-refractivity contribution < 1.29 is 14.8 Å². The maximum absolute atomic E-state index is 12.0. The van der Waals surface area contributed by atoms with E-state index in [1.54, 1.807) is 0 Å². The van der Waals surface area contributed by atoms with Gasteiger partial charge in [-0.15, -0.1) is 0 Å². The van der Waals surface area contributed by atoms with E-state index in [1.165, 1.54) is 18.2 Å². The first-order valence-electron chi connectivity index (χ1n) is 5.86. The van der Waals surface area contributed by atoms with Crippen LogP contribution in [0.2, 0.25) is 5.02 Å². The van der Waals surface area contributed by atoms with Gasteiger partial charge in [-0.05, 0) is 25.3 Å². The van der Waals surface area contributed by atoms with Crippen LogP contribution in [0.4, 0.5) is 5.69 Å². The summed E-state index contributed by atoms with van der Waals surface area (Å²) in [5.74, 6) is -0.641. The van der Waals surface area contributed by atoms with Crippen LogP contribution in [0.5, 0.6) is 0 Å². The molecule has 19 heavy (non-hydrogen) atoms. The lowest BCUT2D eigenvalue weighted by Crippen LogP contribution is -2.47. The number of hydrogen-bond acceptors (Lipinski definition) is 4. The number of carbonyl (C=O) groups is 1. The average molecular weight is 285 g/mol. The van der Waals surface area contributed by atoms with Gasteiger partial charge in [-0.25, -0.2) is 0 Å². The summed E-state index contributed by atoms with van der Waals surface area (Å²) in [5.41, 5.74) is -1.39. The number of nitro benzene ring substituents is 1.